The summed E-state index contributed by atoms with van der Waals surface area (Å²) in [5.41, 5.74) is 2.41. The number of thiol groups is 1. The zero-order chi connectivity index (χ0) is 11.9. The molecule has 88 valence electrons. The van der Waals surface area contributed by atoms with Crippen LogP contribution >= 0.6 is 12.6 Å². The van der Waals surface area contributed by atoms with Crippen molar-refractivity contribution < 1.29 is 9.57 Å². The van der Waals surface area contributed by atoms with Crippen molar-refractivity contribution in [3.8, 4) is 11.1 Å². The van der Waals surface area contributed by atoms with E-state index in [-0.39, 0.29) is 0 Å². The van der Waals surface area contributed by atoms with E-state index in [0.29, 0.717) is 6.61 Å². The third-order valence-electron chi connectivity index (χ3n) is 2.45. The van der Waals surface area contributed by atoms with Crippen LogP contribution in [-0.4, -0.2) is 12.4 Å². The van der Waals surface area contributed by atoms with Crippen LogP contribution in [0.3, 0.4) is 0 Å². The second kappa shape index (κ2) is 6.30. The minimum Gasteiger partial charge on any atom is -0.271 e. The third-order valence-corrected chi connectivity index (χ3v) is 2.77. The molecule has 0 aliphatic rings. The third kappa shape index (κ3) is 3.49. The molecule has 0 fully saturated rings. The topological polar surface area (TPSA) is 13.1 Å². The summed E-state index contributed by atoms with van der Waals surface area (Å²) in [6.07, 6.45) is 4.82. The molecule has 2 rings (SSSR count). The van der Waals surface area contributed by atoms with E-state index in [0.717, 1.165) is 12.2 Å². The summed E-state index contributed by atoms with van der Waals surface area (Å²) < 4.78 is 1.73. The molecule has 0 spiro atoms. The molecule has 1 aromatic carbocycles. The van der Waals surface area contributed by atoms with Gasteiger partial charge in [0.25, 0.3) is 0 Å². The highest BCUT2D eigenvalue weighted by molar-refractivity contribution is 7.80. The van der Waals surface area contributed by atoms with Gasteiger partial charge in [0.1, 0.15) is 0 Å². The second-order valence-electron chi connectivity index (χ2n) is 3.72. The lowest BCUT2D eigenvalue weighted by atomic mass is 10.1. The van der Waals surface area contributed by atoms with Gasteiger partial charge in [-0.2, -0.15) is 12.6 Å². The minimum absolute atomic E-state index is 0.693. The Morgan fingerprint density at radius 3 is 2.24 bits per heavy atom. The van der Waals surface area contributed by atoms with Crippen molar-refractivity contribution >= 4 is 12.6 Å². The summed E-state index contributed by atoms with van der Waals surface area (Å²) in [5, 5.41) is 0. The number of nitrogens with zero attached hydrogens (tertiary/aromatic N) is 1. The standard InChI is InChI=1S/C14H15NOS/c17-12-4-11-16-15-9-7-14(8-10-15)13-5-2-1-3-6-13/h1-3,5-10H,4,11-12H2/p+1. The summed E-state index contributed by atoms with van der Waals surface area (Å²) in [7, 11) is 0. The van der Waals surface area contributed by atoms with Gasteiger partial charge in [-0.05, 0) is 23.3 Å². The molecule has 0 atom stereocenters. The maximum atomic E-state index is 5.51. The van der Waals surface area contributed by atoms with E-state index >= 15 is 0 Å². The number of hydrogen-bond acceptors (Lipinski definition) is 2. The number of benzene rings is 1. The predicted octanol–water partition coefficient (Wildman–Crippen LogP) is 2.39. The monoisotopic (exact) mass is 246 g/mol. The first kappa shape index (κ1) is 12.0. The first-order valence-corrected chi connectivity index (χ1v) is 6.34. The lowest BCUT2D eigenvalue weighted by Gasteiger charge is -2.00. The Hall–Kier alpha value is -1.48. The van der Waals surface area contributed by atoms with Crippen LogP contribution in [0.5, 0.6) is 0 Å². The summed E-state index contributed by atoms with van der Waals surface area (Å²) >= 11 is 4.14. The largest absolute Gasteiger partial charge is 0.271 e. The van der Waals surface area contributed by atoms with Gasteiger partial charge in [0, 0.05) is 16.9 Å². The summed E-state index contributed by atoms with van der Waals surface area (Å²) in [6.45, 7) is 0.693. The van der Waals surface area contributed by atoms with E-state index < -0.39 is 0 Å². The Morgan fingerprint density at radius 2 is 1.59 bits per heavy atom. The van der Waals surface area contributed by atoms with Crippen molar-refractivity contribution in [2.75, 3.05) is 12.4 Å². The van der Waals surface area contributed by atoms with Crippen molar-refractivity contribution in [2.45, 2.75) is 6.42 Å². The Labute approximate surface area is 107 Å². The fraction of sp³-hybridized carbons (Fsp3) is 0.214. The van der Waals surface area contributed by atoms with Gasteiger partial charge >= 0.3 is 0 Å². The average molecular weight is 246 g/mol. The van der Waals surface area contributed by atoms with Gasteiger partial charge in [0.2, 0.25) is 12.4 Å². The molecular formula is C14H16NOS+. The van der Waals surface area contributed by atoms with E-state index in [4.69, 9.17) is 4.84 Å². The quantitative estimate of drug-likeness (QED) is 0.486. The van der Waals surface area contributed by atoms with Crippen LogP contribution in [-0.2, 0) is 0 Å². The molecule has 0 aliphatic heterocycles. The van der Waals surface area contributed by atoms with Crippen molar-refractivity contribution in [1.29, 1.82) is 0 Å². The highest BCUT2D eigenvalue weighted by Gasteiger charge is 2.02. The Kier molecular flexibility index (Phi) is 4.45. The summed E-state index contributed by atoms with van der Waals surface area (Å²) in [5.74, 6) is 0.850. The fourth-order valence-corrected chi connectivity index (χ4v) is 1.69. The molecule has 1 aromatic heterocycles. The normalized spacial score (nSPS) is 10.2. The maximum Gasteiger partial charge on any atom is 0.223 e. The maximum absolute atomic E-state index is 5.51. The molecule has 0 aliphatic carbocycles. The first-order chi connectivity index (χ1) is 8.40. The number of hydrogen-bond donors (Lipinski definition) is 1. The minimum atomic E-state index is 0.693. The zero-order valence-electron chi connectivity index (χ0n) is 9.62. The highest BCUT2D eigenvalue weighted by Crippen LogP contribution is 2.16. The van der Waals surface area contributed by atoms with Crippen LogP contribution in [0.4, 0.5) is 0 Å². The molecule has 0 unspecified atom stereocenters. The first-order valence-electron chi connectivity index (χ1n) is 5.71. The zero-order valence-corrected chi connectivity index (χ0v) is 10.5. The number of aromatic nitrogens is 1. The molecule has 0 radical (unpaired) electrons. The predicted molar refractivity (Wildman–Crippen MR) is 72.0 cm³/mol. The van der Waals surface area contributed by atoms with E-state index in [9.17, 15) is 0 Å². The lowest BCUT2D eigenvalue weighted by Crippen LogP contribution is -2.42. The summed E-state index contributed by atoms with van der Waals surface area (Å²) in [6, 6.07) is 14.4. The number of pyridine rings is 1. The van der Waals surface area contributed by atoms with Crippen LogP contribution in [0.2, 0.25) is 0 Å². The van der Waals surface area contributed by atoms with Gasteiger partial charge in [-0.15, -0.1) is 0 Å². The van der Waals surface area contributed by atoms with Crippen molar-refractivity contribution in [1.82, 2.24) is 0 Å². The molecule has 0 amide bonds. The molecule has 17 heavy (non-hydrogen) atoms. The summed E-state index contributed by atoms with van der Waals surface area (Å²) in [4.78, 5) is 5.51. The average Bonchev–Trinajstić information content (AvgIpc) is 2.41. The fourth-order valence-electron chi connectivity index (χ4n) is 1.56. The molecule has 0 bridgehead atoms. The van der Waals surface area contributed by atoms with Crippen LogP contribution in [0.1, 0.15) is 6.42 Å². The van der Waals surface area contributed by atoms with Crippen molar-refractivity contribution in [3.63, 3.8) is 0 Å². The molecule has 0 saturated heterocycles. The molecule has 0 saturated carbocycles. The van der Waals surface area contributed by atoms with Crippen molar-refractivity contribution in [3.05, 3.63) is 54.9 Å². The Bertz CT molecular complexity index is 442. The van der Waals surface area contributed by atoms with Gasteiger partial charge < -0.3 is 0 Å². The molecule has 2 aromatic rings. The Balaban J connectivity index is 2.03. The lowest BCUT2D eigenvalue weighted by molar-refractivity contribution is -0.891. The van der Waals surface area contributed by atoms with Crippen LogP contribution in [0, 0.1) is 0 Å². The van der Waals surface area contributed by atoms with Gasteiger partial charge in [-0.25, -0.2) is 0 Å². The van der Waals surface area contributed by atoms with Gasteiger partial charge in [0.15, 0.2) is 6.61 Å². The van der Waals surface area contributed by atoms with E-state index in [2.05, 4.69) is 36.9 Å². The van der Waals surface area contributed by atoms with Crippen LogP contribution in [0.15, 0.2) is 54.9 Å². The SMILES string of the molecule is SCCCO[n+]1ccc(-c2ccccc2)cc1. The van der Waals surface area contributed by atoms with E-state index in [1.165, 1.54) is 11.1 Å². The number of rotatable bonds is 5. The molecule has 0 N–H and O–H groups in total. The Morgan fingerprint density at radius 1 is 0.941 bits per heavy atom. The van der Waals surface area contributed by atoms with E-state index in [1.54, 1.807) is 4.73 Å². The molecule has 2 nitrogen and oxygen atoms in total. The molecule has 1 heterocycles. The van der Waals surface area contributed by atoms with Crippen LogP contribution in [0.25, 0.3) is 11.1 Å². The highest BCUT2D eigenvalue weighted by atomic mass is 32.1. The van der Waals surface area contributed by atoms with Gasteiger partial charge in [-0.3, -0.25) is 4.84 Å². The molecule has 3 heteroatoms. The van der Waals surface area contributed by atoms with Crippen molar-refractivity contribution in [2.24, 2.45) is 0 Å². The van der Waals surface area contributed by atoms with Gasteiger partial charge in [-0.1, -0.05) is 30.3 Å². The molecular weight excluding hydrogens is 230 g/mol. The van der Waals surface area contributed by atoms with Gasteiger partial charge in [0.05, 0.1) is 0 Å². The smallest absolute Gasteiger partial charge is 0.223 e. The van der Waals surface area contributed by atoms with E-state index in [1.807, 2.05) is 30.6 Å². The van der Waals surface area contributed by atoms with Crippen LogP contribution < -0.4 is 9.57 Å². The second-order valence-corrected chi connectivity index (χ2v) is 4.17.